The van der Waals surface area contributed by atoms with Gasteiger partial charge in [0.25, 0.3) is 5.91 Å². The van der Waals surface area contributed by atoms with E-state index in [2.05, 4.69) is 15.3 Å². The lowest BCUT2D eigenvalue weighted by Crippen LogP contribution is -2.41. The molecule has 6 nitrogen and oxygen atoms in total. The molecule has 2 aromatic rings. The summed E-state index contributed by atoms with van der Waals surface area (Å²) in [5, 5.41) is 2.66. The number of morpholine rings is 1. The summed E-state index contributed by atoms with van der Waals surface area (Å²) in [5.74, 6) is -1.04. The molecule has 1 amide bonds. The number of amides is 1. The summed E-state index contributed by atoms with van der Waals surface area (Å²) in [7, 11) is 5.64. The van der Waals surface area contributed by atoms with E-state index in [0.29, 0.717) is 11.2 Å². The summed E-state index contributed by atoms with van der Waals surface area (Å²) < 4.78 is 45.4. The Labute approximate surface area is 148 Å². The van der Waals surface area contributed by atoms with Crippen LogP contribution in [0.5, 0.6) is 0 Å². The number of aromatic nitrogens is 2. The molecule has 1 saturated heterocycles. The monoisotopic (exact) mass is 362 g/mol. The number of nitrogens with zero attached hydrogens (tertiary/aromatic N) is 3. The molecule has 3 rings (SSSR count). The summed E-state index contributed by atoms with van der Waals surface area (Å²) >= 11 is 0. The average molecular weight is 362 g/mol. The number of nitrogens with one attached hydrogen (secondary N) is 1. The van der Waals surface area contributed by atoms with Gasteiger partial charge in [0.05, 0.1) is 18.8 Å². The van der Waals surface area contributed by atoms with Gasteiger partial charge in [-0.15, -0.1) is 0 Å². The molecule has 0 saturated carbocycles. The molecular formula is C16H14BF3N4O2. The summed E-state index contributed by atoms with van der Waals surface area (Å²) in [6.45, 7) is 1.00. The summed E-state index contributed by atoms with van der Waals surface area (Å²) in [5.41, 5.74) is -0.997. The minimum atomic E-state index is -4.80. The minimum absolute atomic E-state index is 0.222. The highest BCUT2D eigenvalue weighted by atomic mass is 19.4. The molecule has 0 unspecified atom stereocenters. The van der Waals surface area contributed by atoms with Crippen molar-refractivity contribution in [3.8, 4) is 0 Å². The van der Waals surface area contributed by atoms with Crippen LogP contribution in [0.25, 0.3) is 0 Å². The Bertz CT molecular complexity index is 810. The largest absolute Gasteiger partial charge is 0.434 e. The Morgan fingerprint density at radius 3 is 2.65 bits per heavy atom. The molecule has 10 heteroatoms. The third-order valence-electron chi connectivity index (χ3n) is 3.73. The molecule has 26 heavy (non-hydrogen) atoms. The fraction of sp³-hybridized carbons (Fsp3) is 0.312. The van der Waals surface area contributed by atoms with Crippen molar-refractivity contribution >= 4 is 30.9 Å². The van der Waals surface area contributed by atoms with Crippen molar-refractivity contribution in [1.82, 2.24) is 14.9 Å². The predicted octanol–water partition coefficient (Wildman–Crippen LogP) is 1.51. The van der Waals surface area contributed by atoms with E-state index >= 15 is 0 Å². The van der Waals surface area contributed by atoms with Crippen molar-refractivity contribution in [2.75, 3.05) is 31.6 Å². The lowest BCUT2D eigenvalue weighted by molar-refractivity contribution is -0.141. The molecule has 0 aliphatic carbocycles. The van der Waals surface area contributed by atoms with Gasteiger partial charge in [0.1, 0.15) is 7.85 Å². The Hall–Kier alpha value is -2.62. The highest BCUT2D eigenvalue weighted by Gasteiger charge is 2.39. The Kier molecular flexibility index (Phi) is 5.12. The summed E-state index contributed by atoms with van der Waals surface area (Å²) in [6.07, 6.45) is -3.91. The number of hydrogen-bond donors (Lipinski definition) is 1. The second kappa shape index (κ2) is 7.32. The standard InChI is InChI=1S/C16H14BF3N4O2/c17-10-2-1-3-11(8-10)22-15-21-9-12(13(23-15)16(18,19)20)14(25)24-4-6-26-7-5-24/h1-3,8-9H,4-7H2,(H,21,22,23). The SMILES string of the molecule is [B]c1cccc(Nc2ncc(C(=O)N3CCOCC3)c(C(F)(F)F)n2)c1. The van der Waals surface area contributed by atoms with E-state index in [-0.39, 0.29) is 32.3 Å². The molecular weight excluding hydrogens is 348 g/mol. The van der Waals surface area contributed by atoms with Crippen LogP contribution in [0.4, 0.5) is 24.8 Å². The zero-order valence-corrected chi connectivity index (χ0v) is 13.6. The van der Waals surface area contributed by atoms with Gasteiger partial charge >= 0.3 is 6.18 Å². The summed E-state index contributed by atoms with van der Waals surface area (Å²) in [4.78, 5) is 21.1. The first kappa shape index (κ1) is 18.2. The van der Waals surface area contributed by atoms with Crippen molar-refractivity contribution in [3.63, 3.8) is 0 Å². The number of hydrogen-bond acceptors (Lipinski definition) is 5. The van der Waals surface area contributed by atoms with Gasteiger partial charge in [0, 0.05) is 25.0 Å². The molecule has 1 aliphatic heterocycles. The quantitative estimate of drug-likeness (QED) is 0.839. The molecule has 134 valence electrons. The van der Waals surface area contributed by atoms with E-state index < -0.39 is 23.3 Å². The van der Waals surface area contributed by atoms with Gasteiger partial charge < -0.3 is 15.0 Å². The van der Waals surface area contributed by atoms with Crippen LogP contribution >= 0.6 is 0 Å². The summed E-state index contributed by atoms with van der Waals surface area (Å²) in [6, 6.07) is 6.42. The number of anilines is 2. The van der Waals surface area contributed by atoms with Gasteiger partial charge in [-0.2, -0.15) is 13.2 Å². The maximum Gasteiger partial charge on any atom is 0.434 e. The molecule has 1 N–H and O–H groups in total. The highest BCUT2D eigenvalue weighted by molar-refractivity contribution is 6.32. The molecule has 2 radical (unpaired) electrons. The van der Waals surface area contributed by atoms with E-state index in [4.69, 9.17) is 12.6 Å². The van der Waals surface area contributed by atoms with E-state index in [1.54, 1.807) is 18.2 Å². The van der Waals surface area contributed by atoms with Crippen molar-refractivity contribution in [2.24, 2.45) is 0 Å². The molecule has 0 spiro atoms. The molecule has 1 aromatic heterocycles. The average Bonchev–Trinajstić information content (AvgIpc) is 2.61. The molecule has 2 heterocycles. The van der Waals surface area contributed by atoms with Gasteiger partial charge in [-0.25, -0.2) is 9.97 Å². The zero-order valence-electron chi connectivity index (χ0n) is 13.6. The Morgan fingerprint density at radius 2 is 2.00 bits per heavy atom. The van der Waals surface area contributed by atoms with Crippen LogP contribution in [-0.4, -0.2) is 54.9 Å². The van der Waals surface area contributed by atoms with Crippen LogP contribution in [0, 0.1) is 0 Å². The number of ether oxygens (including phenoxy) is 1. The van der Waals surface area contributed by atoms with E-state index in [9.17, 15) is 18.0 Å². The van der Waals surface area contributed by atoms with Gasteiger partial charge in [-0.3, -0.25) is 4.79 Å². The maximum atomic E-state index is 13.4. The molecule has 0 bridgehead atoms. The van der Waals surface area contributed by atoms with Crippen LogP contribution < -0.4 is 10.8 Å². The lowest BCUT2D eigenvalue weighted by atomic mass is 9.96. The first-order valence-corrected chi connectivity index (χ1v) is 7.78. The second-order valence-corrected chi connectivity index (χ2v) is 5.61. The van der Waals surface area contributed by atoms with Gasteiger partial charge in [0.15, 0.2) is 5.69 Å². The number of carbonyl (C=O) groups is 1. The number of carbonyl (C=O) groups excluding carboxylic acids is 1. The topological polar surface area (TPSA) is 67.4 Å². The first-order chi connectivity index (χ1) is 12.3. The van der Waals surface area contributed by atoms with Crippen LogP contribution in [-0.2, 0) is 10.9 Å². The van der Waals surface area contributed by atoms with Gasteiger partial charge in [-0.1, -0.05) is 17.6 Å². The third kappa shape index (κ3) is 4.13. The number of halogens is 3. The Balaban J connectivity index is 1.92. The van der Waals surface area contributed by atoms with Crippen LogP contribution in [0.3, 0.4) is 0 Å². The number of rotatable bonds is 3. The molecule has 0 atom stereocenters. The fourth-order valence-electron chi connectivity index (χ4n) is 2.50. The van der Waals surface area contributed by atoms with Crippen molar-refractivity contribution in [1.29, 1.82) is 0 Å². The maximum absolute atomic E-state index is 13.4. The third-order valence-corrected chi connectivity index (χ3v) is 3.73. The zero-order chi connectivity index (χ0) is 18.7. The van der Waals surface area contributed by atoms with Gasteiger partial charge in [0.2, 0.25) is 5.95 Å². The smallest absolute Gasteiger partial charge is 0.378 e. The highest BCUT2D eigenvalue weighted by Crippen LogP contribution is 2.32. The Morgan fingerprint density at radius 1 is 1.27 bits per heavy atom. The second-order valence-electron chi connectivity index (χ2n) is 5.61. The first-order valence-electron chi connectivity index (χ1n) is 7.78. The van der Waals surface area contributed by atoms with Crippen LogP contribution in [0.15, 0.2) is 30.5 Å². The van der Waals surface area contributed by atoms with Crippen molar-refractivity contribution in [2.45, 2.75) is 6.18 Å². The lowest BCUT2D eigenvalue weighted by Gasteiger charge is -2.27. The molecule has 1 aliphatic rings. The van der Waals surface area contributed by atoms with Crippen LogP contribution in [0.2, 0.25) is 0 Å². The molecule has 1 fully saturated rings. The minimum Gasteiger partial charge on any atom is -0.378 e. The number of alkyl halides is 3. The van der Waals surface area contributed by atoms with E-state index in [1.165, 1.54) is 11.0 Å². The van der Waals surface area contributed by atoms with Crippen molar-refractivity contribution in [3.05, 3.63) is 41.7 Å². The van der Waals surface area contributed by atoms with Crippen molar-refractivity contribution < 1.29 is 22.7 Å². The normalized spacial score (nSPS) is 15.0. The van der Waals surface area contributed by atoms with Gasteiger partial charge in [-0.05, 0) is 12.1 Å². The van der Waals surface area contributed by atoms with E-state index in [0.717, 1.165) is 6.20 Å². The fourth-order valence-corrected chi connectivity index (χ4v) is 2.50. The van der Waals surface area contributed by atoms with Crippen LogP contribution in [0.1, 0.15) is 16.1 Å². The molecule has 1 aromatic carbocycles. The van der Waals surface area contributed by atoms with E-state index in [1.807, 2.05) is 0 Å². The number of benzene rings is 1. The predicted molar refractivity (Wildman–Crippen MR) is 88.9 cm³/mol.